The minimum absolute atomic E-state index is 0.00280. The summed E-state index contributed by atoms with van der Waals surface area (Å²) in [5.41, 5.74) is 0. The van der Waals surface area contributed by atoms with Gasteiger partial charge in [0.25, 0.3) is 0 Å². The van der Waals surface area contributed by atoms with E-state index in [0.717, 1.165) is 25.4 Å². The highest BCUT2D eigenvalue weighted by Crippen LogP contribution is 2.15. The zero-order valence-corrected chi connectivity index (χ0v) is 9.21. The Morgan fingerprint density at radius 3 is 2.64 bits per heavy atom. The number of carbonyl (C=O) groups excluding carboxylic acids is 1. The smallest absolute Gasteiger partial charge is 0.308 e. The third-order valence-corrected chi connectivity index (χ3v) is 2.70. The van der Waals surface area contributed by atoms with E-state index in [1.54, 1.807) is 0 Å². The minimum Gasteiger partial charge on any atom is -0.465 e. The Labute approximate surface area is 86.2 Å². The van der Waals surface area contributed by atoms with Crippen LogP contribution >= 0.6 is 0 Å². The average Bonchev–Trinajstić information content (AvgIpc) is 2.19. The second kappa shape index (κ2) is 6.02. The number of esters is 1. The van der Waals surface area contributed by atoms with Gasteiger partial charge >= 0.3 is 5.97 Å². The normalized spacial score (nSPS) is 18.5. The van der Waals surface area contributed by atoms with Gasteiger partial charge in [-0.25, -0.2) is 0 Å². The summed E-state index contributed by atoms with van der Waals surface area (Å²) in [4.78, 5) is 11.1. The van der Waals surface area contributed by atoms with Gasteiger partial charge in [-0.1, -0.05) is 13.8 Å². The number of carbonyl (C=O) groups is 1. The van der Waals surface area contributed by atoms with Gasteiger partial charge in [0, 0.05) is 0 Å². The molecule has 0 aromatic heterocycles. The molecule has 1 saturated heterocycles. The average molecular weight is 199 g/mol. The second-order valence-corrected chi connectivity index (χ2v) is 4.30. The molecule has 0 unspecified atom stereocenters. The summed E-state index contributed by atoms with van der Waals surface area (Å²) in [6.45, 7) is 6.56. The van der Waals surface area contributed by atoms with E-state index in [1.165, 1.54) is 12.8 Å². The van der Waals surface area contributed by atoms with Crippen molar-refractivity contribution in [2.45, 2.75) is 33.1 Å². The third kappa shape index (κ3) is 4.09. The molecule has 0 aliphatic carbocycles. The van der Waals surface area contributed by atoms with Gasteiger partial charge in [0.2, 0.25) is 0 Å². The maximum Gasteiger partial charge on any atom is 0.308 e. The molecule has 0 spiro atoms. The lowest BCUT2D eigenvalue weighted by atomic mass is 9.95. The molecule has 1 aliphatic heterocycles. The van der Waals surface area contributed by atoms with Crippen molar-refractivity contribution in [2.24, 2.45) is 11.8 Å². The van der Waals surface area contributed by atoms with Crippen molar-refractivity contribution in [1.29, 1.82) is 0 Å². The zero-order valence-electron chi connectivity index (χ0n) is 9.21. The summed E-state index contributed by atoms with van der Waals surface area (Å²) in [6.07, 6.45) is 3.47. The summed E-state index contributed by atoms with van der Waals surface area (Å²) in [5, 5.41) is 3.32. The van der Waals surface area contributed by atoms with Gasteiger partial charge in [-0.2, -0.15) is 0 Å². The van der Waals surface area contributed by atoms with Crippen LogP contribution in [0.4, 0.5) is 0 Å². The van der Waals surface area contributed by atoms with Crippen LogP contribution in [0, 0.1) is 11.8 Å². The minimum atomic E-state index is -0.0704. The molecular formula is C11H21NO2. The van der Waals surface area contributed by atoms with Crippen LogP contribution in [0.15, 0.2) is 0 Å². The molecule has 0 aromatic rings. The lowest BCUT2D eigenvalue weighted by molar-refractivity contribution is -0.147. The van der Waals surface area contributed by atoms with Gasteiger partial charge in [0.1, 0.15) is 0 Å². The van der Waals surface area contributed by atoms with Crippen LogP contribution in [0.2, 0.25) is 0 Å². The first kappa shape index (κ1) is 11.5. The summed E-state index contributed by atoms with van der Waals surface area (Å²) < 4.78 is 5.15. The van der Waals surface area contributed by atoms with Crippen molar-refractivity contribution in [3.8, 4) is 0 Å². The molecule has 0 radical (unpaired) electrons. The van der Waals surface area contributed by atoms with E-state index in [9.17, 15) is 4.79 Å². The van der Waals surface area contributed by atoms with Crippen LogP contribution in [0.1, 0.15) is 33.1 Å². The highest BCUT2D eigenvalue weighted by atomic mass is 16.5. The molecule has 1 aliphatic rings. The predicted molar refractivity (Wildman–Crippen MR) is 56.0 cm³/mol. The summed E-state index contributed by atoms with van der Waals surface area (Å²) in [7, 11) is 0. The standard InChI is InChI=1S/C11H21NO2/c1-9(2)11(13)14-8-5-10-3-6-12-7-4-10/h9-10,12H,3-8H2,1-2H3. The Morgan fingerprint density at radius 1 is 1.43 bits per heavy atom. The van der Waals surface area contributed by atoms with E-state index in [-0.39, 0.29) is 11.9 Å². The molecule has 0 atom stereocenters. The second-order valence-electron chi connectivity index (χ2n) is 4.30. The van der Waals surface area contributed by atoms with Crippen LogP contribution in [0.5, 0.6) is 0 Å². The number of rotatable bonds is 4. The van der Waals surface area contributed by atoms with E-state index >= 15 is 0 Å². The third-order valence-electron chi connectivity index (χ3n) is 2.70. The van der Waals surface area contributed by atoms with Crippen molar-refractivity contribution in [3.63, 3.8) is 0 Å². The van der Waals surface area contributed by atoms with Crippen molar-refractivity contribution in [3.05, 3.63) is 0 Å². The quantitative estimate of drug-likeness (QED) is 0.698. The Bertz CT molecular complexity index is 174. The number of hydrogen-bond acceptors (Lipinski definition) is 3. The first-order chi connectivity index (χ1) is 6.70. The van der Waals surface area contributed by atoms with Crippen molar-refractivity contribution >= 4 is 5.97 Å². The molecule has 14 heavy (non-hydrogen) atoms. The molecule has 0 aromatic carbocycles. The van der Waals surface area contributed by atoms with Gasteiger partial charge in [-0.05, 0) is 38.3 Å². The van der Waals surface area contributed by atoms with E-state index in [2.05, 4.69) is 5.32 Å². The fourth-order valence-electron chi connectivity index (χ4n) is 1.66. The van der Waals surface area contributed by atoms with E-state index in [4.69, 9.17) is 4.74 Å². The van der Waals surface area contributed by atoms with Gasteiger partial charge in [0.15, 0.2) is 0 Å². The van der Waals surface area contributed by atoms with Crippen molar-refractivity contribution in [1.82, 2.24) is 5.32 Å². The molecule has 0 bridgehead atoms. The van der Waals surface area contributed by atoms with Crippen LogP contribution in [-0.2, 0) is 9.53 Å². The Hall–Kier alpha value is -0.570. The van der Waals surface area contributed by atoms with Gasteiger partial charge < -0.3 is 10.1 Å². The van der Waals surface area contributed by atoms with Crippen LogP contribution < -0.4 is 5.32 Å². The van der Waals surface area contributed by atoms with E-state index in [0.29, 0.717) is 6.61 Å². The fraction of sp³-hybridized carbons (Fsp3) is 0.909. The van der Waals surface area contributed by atoms with Gasteiger partial charge in [-0.15, -0.1) is 0 Å². The molecule has 3 heteroatoms. The molecular weight excluding hydrogens is 178 g/mol. The molecule has 82 valence electrons. The van der Waals surface area contributed by atoms with Crippen LogP contribution in [0.3, 0.4) is 0 Å². The number of nitrogens with one attached hydrogen (secondary N) is 1. The Kier molecular flexibility index (Phi) is 4.94. The molecule has 1 rings (SSSR count). The zero-order chi connectivity index (χ0) is 10.4. The van der Waals surface area contributed by atoms with Crippen LogP contribution in [-0.4, -0.2) is 25.7 Å². The summed E-state index contributed by atoms with van der Waals surface area (Å²) in [6, 6.07) is 0. The van der Waals surface area contributed by atoms with E-state index in [1.807, 2.05) is 13.8 Å². The fourth-order valence-corrected chi connectivity index (χ4v) is 1.66. The topological polar surface area (TPSA) is 38.3 Å². The monoisotopic (exact) mass is 199 g/mol. The Balaban J connectivity index is 2.05. The molecule has 0 saturated carbocycles. The first-order valence-corrected chi connectivity index (χ1v) is 5.57. The SMILES string of the molecule is CC(C)C(=O)OCCC1CCNCC1. The first-order valence-electron chi connectivity index (χ1n) is 5.57. The van der Waals surface area contributed by atoms with Crippen LogP contribution in [0.25, 0.3) is 0 Å². The summed E-state index contributed by atoms with van der Waals surface area (Å²) >= 11 is 0. The van der Waals surface area contributed by atoms with Crippen molar-refractivity contribution < 1.29 is 9.53 Å². The lowest BCUT2D eigenvalue weighted by Gasteiger charge is -2.22. The van der Waals surface area contributed by atoms with Gasteiger partial charge in [0.05, 0.1) is 12.5 Å². The largest absolute Gasteiger partial charge is 0.465 e. The van der Waals surface area contributed by atoms with Gasteiger partial charge in [-0.3, -0.25) is 4.79 Å². The van der Waals surface area contributed by atoms with Crippen molar-refractivity contribution in [2.75, 3.05) is 19.7 Å². The molecule has 0 amide bonds. The molecule has 1 fully saturated rings. The maximum atomic E-state index is 11.1. The lowest BCUT2D eigenvalue weighted by Crippen LogP contribution is -2.28. The molecule has 1 heterocycles. The summed E-state index contributed by atoms with van der Waals surface area (Å²) in [5.74, 6) is 0.679. The highest BCUT2D eigenvalue weighted by molar-refractivity contribution is 5.71. The number of hydrogen-bond donors (Lipinski definition) is 1. The number of piperidine rings is 1. The molecule has 1 N–H and O–H groups in total. The maximum absolute atomic E-state index is 11.1. The highest BCUT2D eigenvalue weighted by Gasteiger charge is 2.14. The van der Waals surface area contributed by atoms with E-state index < -0.39 is 0 Å². The molecule has 3 nitrogen and oxygen atoms in total. The predicted octanol–water partition coefficient (Wildman–Crippen LogP) is 1.58. The Morgan fingerprint density at radius 2 is 2.07 bits per heavy atom. The number of ether oxygens (including phenoxy) is 1.